The van der Waals surface area contributed by atoms with Gasteiger partial charge in [0, 0.05) is 28.0 Å². The second-order valence-corrected chi connectivity index (χ2v) is 9.55. The summed E-state index contributed by atoms with van der Waals surface area (Å²) in [6, 6.07) is 18.3. The highest BCUT2D eigenvalue weighted by Crippen LogP contribution is 2.27. The van der Waals surface area contributed by atoms with Crippen molar-refractivity contribution in [2.24, 2.45) is 5.14 Å². The topological polar surface area (TPSA) is 139 Å². The van der Waals surface area contributed by atoms with Crippen LogP contribution in [0.15, 0.2) is 94.7 Å². The summed E-state index contributed by atoms with van der Waals surface area (Å²) in [6.45, 7) is 0. The summed E-state index contributed by atoms with van der Waals surface area (Å²) in [6.07, 6.45) is 4.78. The Bertz CT molecular complexity index is 1430. The Morgan fingerprint density at radius 2 is 1.65 bits per heavy atom. The first kappa shape index (κ1) is 23.4. The molecule has 4 rings (SSSR count). The number of sulfonamides is 1. The van der Waals surface area contributed by atoms with Crippen molar-refractivity contribution < 1.29 is 13.2 Å². The third-order valence-electron chi connectivity index (χ3n) is 4.77. The van der Waals surface area contributed by atoms with Crippen LogP contribution in [0.2, 0.25) is 0 Å². The van der Waals surface area contributed by atoms with E-state index in [9.17, 15) is 13.2 Å². The van der Waals surface area contributed by atoms with Gasteiger partial charge in [-0.05, 0) is 57.9 Å². The lowest BCUT2D eigenvalue weighted by Crippen LogP contribution is -2.16. The van der Waals surface area contributed by atoms with E-state index in [1.807, 2.05) is 6.07 Å². The molecule has 0 saturated carbocycles. The Balaban J connectivity index is 1.49. The molecule has 0 unspecified atom stereocenters. The first-order valence-corrected chi connectivity index (χ1v) is 12.3. The summed E-state index contributed by atoms with van der Waals surface area (Å²) in [5.74, 6) is 0.238. The Labute approximate surface area is 204 Å². The summed E-state index contributed by atoms with van der Waals surface area (Å²) in [5.41, 5.74) is 8.46. The molecule has 0 aliphatic rings. The first-order valence-electron chi connectivity index (χ1n) is 9.92. The molecule has 34 heavy (non-hydrogen) atoms. The predicted molar refractivity (Wildman–Crippen MR) is 135 cm³/mol. The molecule has 2 aromatic heterocycles. The highest BCUT2D eigenvalue weighted by Gasteiger charge is 2.15. The standard InChI is InChI=1S/C23H19BrN6O3S/c24-17-9-10-22(27-13-17)30-29-20-14-26-12-11-19(20)28-23(31)16-7-5-15(6-8-16)18-3-1-2-4-21(18)34(25,32)33/h1-14,29H,(H,27,30)(H2,25,32,33)(H,26,28,31). The fourth-order valence-corrected chi connectivity index (χ4v) is 4.13. The Kier molecular flexibility index (Phi) is 6.87. The van der Waals surface area contributed by atoms with Crippen LogP contribution in [0, 0.1) is 0 Å². The van der Waals surface area contributed by atoms with E-state index in [2.05, 4.69) is 42.1 Å². The normalized spacial score (nSPS) is 11.0. The van der Waals surface area contributed by atoms with Gasteiger partial charge in [0.05, 0.1) is 22.5 Å². The number of pyridine rings is 2. The number of carbonyl (C=O) groups is 1. The number of nitrogens with one attached hydrogen (secondary N) is 3. The predicted octanol–water partition coefficient (Wildman–Crippen LogP) is 4.24. The molecule has 0 atom stereocenters. The molecule has 5 N–H and O–H groups in total. The molecule has 4 aromatic rings. The number of hydrazine groups is 1. The van der Waals surface area contributed by atoms with Gasteiger partial charge in [-0.3, -0.25) is 20.6 Å². The van der Waals surface area contributed by atoms with Gasteiger partial charge < -0.3 is 5.32 Å². The van der Waals surface area contributed by atoms with E-state index in [4.69, 9.17) is 5.14 Å². The highest BCUT2D eigenvalue weighted by molar-refractivity contribution is 9.10. The minimum Gasteiger partial charge on any atom is -0.320 e. The zero-order chi connectivity index (χ0) is 24.1. The second kappa shape index (κ2) is 10.00. The number of benzene rings is 2. The van der Waals surface area contributed by atoms with Crippen LogP contribution in [0.3, 0.4) is 0 Å². The molecule has 172 valence electrons. The number of hydrogen-bond acceptors (Lipinski definition) is 7. The van der Waals surface area contributed by atoms with Crippen molar-refractivity contribution in [2.45, 2.75) is 4.90 Å². The van der Waals surface area contributed by atoms with Crippen LogP contribution in [0.4, 0.5) is 17.2 Å². The molecule has 0 spiro atoms. The van der Waals surface area contributed by atoms with Gasteiger partial charge in [-0.1, -0.05) is 30.3 Å². The summed E-state index contributed by atoms with van der Waals surface area (Å²) in [4.78, 5) is 21.2. The van der Waals surface area contributed by atoms with Crippen LogP contribution in [-0.2, 0) is 10.0 Å². The number of nitrogens with two attached hydrogens (primary N) is 1. The van der Waals surface area contributed by atoms with Gasteiger partial charge >= 0.3 is 0 Å². The summed E-state index contributed by atoms with van der Waals surface area (Å²) in [7, 11) is -3.89. The minimum atomic E-state index is -3.89. The molecule has 0 bridgehead atoms. The van der Waals surface area contributed by atoms with Crippen molar-refractivity contribution in [3.05, 3.63) is 95.4 Å². The molecule has 0 aliphatic heterocycles. The van der Waals surface area contributed by atoms with E-state index >= 15 is 0 Å². The number of nitrogens with zero attached hydrogens (tertiary/aromatic N) is 2. The number of anilines is 3. The summed E-state index contributed by atoms with van der Waals surface area (Å²) < 4.78 is 24.6. The van der Waals surface area contributed by atoms with Crippen LogP contribution >= 0.6 is 15.9 Å². The molecule has 0 radical (unpaired) electrons. The minimum absolute atomic E-state index is 0.0208. The van der Waals surface area contributed by atoms with Gasteiger partial charge in [0.25, 0.3) is 5.91 Å². The van der Waals surface area contributed by atoms with Gasteiger partial charge in [0.1, 0.15) is 5.82 Å². The lowest BCUT2D eigenvalue weighted by Gasteiger charge is -2.14. The van der Waals surface area contributed by atoms with Gasteiger partial charge in [0.15, 0.2) is 0 Å². The molecule has 2 heterocycles. The van der Waals surface area contributed by atoms with Gasteiger partial charge in [-0.15, -0.1) is 0 Å². The van der Waals surface area contributed by atoms with E-state index in [0.717, 1.165) is 4.47 Å². The lowest BCUT2D eigenvalue weighted by molar-refractivity contribution is 0.102. The number of amides is 1. The highest BCUT2D eigenvalue weighted by atomic mass is 79.9. The molecule has 9 nitrogen and oxygen atoms in total. The third-order valence-corrected chi connectivity index (χ3v) is 6.21. The van der Waals surface area contributed by atoms with E-state index in [-0.39, 0.29) is 10.8 Å². The van der Waals surface area contributed by atoms with Crippen LogP contribution in [0.25, 0.3) is 11.1 Å². The maximum atomic E-state index is 12.8. The van der Waals surface area contributed by atoms with Crippen LogP contribution < -0.4 is 21.3 Å². The number of primary sulfonamides is 1. The molecular formula is C23H19BrN6O3S. The lowest BCUT2D eigenvalue weighted by atomic mass is 10.0. The van der Waals surface area contributed by atoms with Crippen molar-refractivity contribution in [3.63, 3.8) is 0 Å². The van der Waals surface area contributed by atoms with E-state index < -0.39 is 10.0 Å². The Morgan fingerprint density at radius 3 is 2.35 bits per heavy atom. The molecule has 11 heteroatoms. The first-order chi connectivity index (χ1) is 16.3. The Morgan fingerprint density at radius 1 is 0.882 bits per heavy atom. The van der Waals surface area contributed by atoms with Gasteiger partial charge in [-0.2, -0.15) is 0 Å². The monoisotopic (exact) mass is 538 g/mol. The fraction of sp³-hybridized carbons (Fsp3) is 0. The maximum absolute atomic E-state index is 12.8. The number of carbonyl (C=O) groups excluding carboxylic acids is 1. The van der Waals surface area contributed by atoms with E-state index in [0.29, 0.717) is 33.9 Å². The van der Waals surface area contributed by atoms with Crippen molar-refractivity contribution in [1.82, 2.24) is 9.97 Å². The summed E-state index contributed by atoms with van der Waals surface area (Å²) in [5, 5.41) is 8.17. The molecule has 0 aliphatic carbocycles. The Hall–Kier alpha value is -3.80. The van der Waals surface area contributed by atoms with Crippen molar-refractivity contribution in [1.29, 1.82) is 0 Å². The summed E-state index contributed by atoms with van der Waals surface area (Å²) >= 11 is 3.33. The third kappa shape index (κ3) is 5.57. The van der Waals surface area contributed by atoms with Crippen molar-refractivity contribution in [3.8, 4) is 11.1 Å². The molecule has 1 amide bonds. The molecule has 0 fully saturated rings. The van der Waals surface area contributed by atoms with Gasteiger partial charge in [-0.25, -0.2) is 18.5 Å². The van der Waals surface area contributed by atoms with Crippen LogP contribution in [0.5, 0.6) is 0 Å². The average Bonchev–Trinajstić information content (AvgIpc) is 2.84. The molecular weight excluding hydrogens is 520 g/mol. The van der Waals surface area contributed by atoms with E-state index in [1.54, 1.807) is 73.2 Å². The molecule has 0 saturated heterocycles. The van der Waals surface area contributed by atoms with E-state index in [1.165, 1.54) is 6.07 Å². The zero-order valence-corrected chi connectivity index (χ0v) is 20.0. The van der Waals surface area contributed by atoms with Gasteiger partial charge in [0.2, 0.25) is 10.0 Å². The number of rotatable bonds is 7. The van der Waals surface area contributed by atoms with Crippen molar-refractivity contribution in [2.75, 3.05) is 16.2 Å². The molecule has 2 aromatic carbocycles. The SMILES string of the molecule is NS(=O)(=O)c1ccccc1-c1ccc(C(=O)Nc2ccncc2NNc2ccc(Br)cn2)cc1. The van der Waals surface area contributed by atoms with Crippen LogP contribution in [0.1, 0.15) is 10.4 Å². The number of aromatic nitrogens is 2. The van der Waals surface area contributed by atoms with Crippen molar-refractivity contribution >= 4 is 49.1 Å². The maximum Gasteiger partial charge on any atom is 0.255 e. The smallest absolute Gasteiger partial charge is 0.255 e. The largest absolute Gasteiger partial charge is 0.320 e. The quantitative estimate of drug-likeness (QED) is 0.258. The fourth-order valence-electron chi connectivity index (χ4n) is 3.13. The zero-order valence-electron chi connectivity index (χ0n) is 17.6. The number of halogens is 1. The average molecular weight is 539 g/mol. The van der Waals surface area contributed by atoms with Crippen LogP contribution in [-0.4, -0.2) is 24.3 Å². The second-order valence-electron chi connectivity index (χ2n) is 7.11. The number of hydrogen-bond donors (Lipinski definition) is 4.